The number of ether oxygens (including phenoxy) is 4. The number of nitrogens with one attached hydrogen (secondary N) is 1. The minimum absolute atomic E-state index is 0.210. The van der Waals surface area contributed by atoms with Gasteiger partial charge in [0.15, 0.2) is 12.6 Å². The van der Waals surface area contributed by atoms with Crippen LogP contribution in [0.3, 0.4) is 0 Å². The minimum Gasteiger partial charge on any atom is -0.394 e. The van der Waals surface area contributed by atoms with Crippen LogP contribution in [0.1, 0.15) is 251 Å². The van der Waals surface area contributed by atoms with Crippen LogP contribution in [-0.2, 0) is 23.7 Å². The average Bonchev–Trinajstić information content (AvgIpc) is 3.47. The summed E-state index contributed by atoms with van der Waals surface area (Å²) < 4.78 is 22.7. The molecule has 1 amide bonds. The van der Waals surface area contributed by atoms with Gasteiger partial charge >= 0.3 is 0 Å². The van der Waals surface area contributed by atoms with Gasteiger partial charge in [-0.05, 0) is 57.8 Å². The Morgan fingerprint density at radius 3 is 1.34 bits per heavy atom. The van der Waals surface area contributed by atoms with Gasteiger partial charge in [0.05, 0.1) is 32.0 Å². The molecule has 2 fully saturated rings. The third-order valence-corrected chi connectivity index (χ3v) is 15.5. The number of rotatable bonds is 51. The molecule has 14 heteroatoms. The zero-order valence-corrected chi connectivity index (χ0v) is 49.6. The quantitative estimate of drug-likeness (QED) is 0.0204. The van der Waals surface area contributed by atoms with Crippen LogP contribution in [0.15, 0.2) is 60.8 Å². The summed E-state index contributed by atoms with van der Waals surface area (Å²) in [4.78, 5) is 13.2. The molecule has 2 aliphatic heterocycles. The van der Waals surface area contributed by atoms with Gasteiger partial charge in [0, 0.05) is 6.42 Å². The van der Waals surface area contributed by atoms with E-state index < -0.39 is 86.8 Å². The zero-order chi connectivity index (χ0) is 57.4. The summed E-state index contributed by atoms with van der Waals surface area (Å²) in [5, 5.41) is 86.7. The van der Waals surface area contributed by atoms with Gasteiger partial charge in [-0.25, -0.2) is 0 Å². The van der Waals surface area contributed by atoms with Crippen LogP contribution in [0.5, 0.6) is 0 Å². The van der Waals surface area contributed by atoms with Crippen molar-refractivity contribution in [1.82, 2.24) is 5.32 Å². The molecule has 14 nitrogen and oxygen atoms in total. The van der Waals surface area contributed by atoms with Crippen molar-refractivity contribution >= 4 is 5.91 Å². The van der Waals surface area contributed by atoms with E-state index in [1.54, 1.807) is 0 Å². The zero-order valence-electron chi connectivity index (χ0n) is 49.6. The molecule has 0 saturated carbocycles. The maximum Gasteiger partial charge on any atom is 0.220 e. The fraction of sp³-hybridized carbons (Fsp3) is 0.831. The molecule has 0 bridgehead atoms. The monoisotopic (exact) mass is 1120 g/mol. The lowest BCUT2D eigenvalue weighted by Crippen LogP contribution is -2.65. The third-order valence-electron chi connectivity index (χ3n) is 15.5. The topological polar surface area (TPSA) is 228 Å². The molecule has 2 rings (SSSR count). The number of carbonyl (C=O) groups is 1. The fourth-order valence-corrected chi connectivity index (χ4v) is 10.4. The number of hydrogen-bond donors (Lipinski definition) is 9. The summed E-state index contributed by atoms with van der Waals surface area (Å²) in [6.07, 6.45) is 48.9. The van der Waals surface area contributed by atoms with Crippen molar-refractivity contribution in [3.05, 3.63) is 60.8 Å². The Bertz CT molecular complexity index is 1560. The molecule has 0 radical (unpaired) electrons. The van der Waals surface area contributed by atoms with Crippen LogP contribution in [0.2, 0.25) is 0 Å². The molecule has 12 unspecified atom stereocenters. The summed E-state index contributed by atoms with van der Waals surface area (Å²) in [6, 6.07) is -0.824. The van der Waals surface area contributed by atoms with Crippen LogP contribution in [0.25, 0.3) is 0 Å². The van der Waals surface area contributed by atoms with Crippen LogP contribution in [-0.4, -0.2) is 140 Å². The number of aliphatic hydroxyl groups excluding tert-OH is 8. The Hall–Kier alpha value is -2.31. The highest BCUT2D eigenvalue weighted by Crippen LogP contribution is 2.30. The largest absolute Gasteiger partial charge is 0.394 e. The van der Waals surface area contributed by atoms with E-state index in [9.17, 15) is 45.6 Å². The molecular weight excluding hydrogens is 1000 g/mol. The highest BCUT2D eigenvalue weighted by molar-refractivity contribution is 5.76. The van der Waals surface area contributed by atoms with E-state index in [1.807, 2.05) is 0 Å². The molecule has 9 N–H and O–H groups in total. The van der Waals surface area contributed by atoms with Crippen LogP contribution >= 0.6 is 0 Å². The summed E-state index contributed by atoms with van der Waals surface area (Å²) in [6.45, 7) is 2.67. The van der Waals surface area contributed by atoms with Crippen molar-refractivity contribution in [2.24, 2.45) is 0 Å². The molecule has 0 aromatic carbocycles. The SMILES string of the molecule is CC/C=C\C/C=C\C/C=C\C/C=C\C/C=C\CCCCCCCCCCCCCCCCCCCCCCCCCC(=O)NC(COC1OC(CO)C(OC2OC(CO)C(O)C(O)C2O)C(O)C1O)C(O)CCCCCCCC. The Labute approximate surface area is 479 Å². The van der Waals surface area contributed by atoms with E-state index >= 15 is 0 Å². The summed E-state index contributed by atoms with van der Waals surface area (Å²) in [5.74, 6) is -0.210. The lowest BCUT2D eigenvalue weighted by Gasteiger charge is -2.46. The van der Waals surface area contributed by atoms with E-state index in [-0.39, 0.29) is 12.5 Å². The second-order valence-electron chi connectivity index (χ2n) is 22.5. The maximum atomic E-state index is 13.2. The van der Waals surface area contributed by atoms with E-state index in [0.717, 1.165) is 96.3 Å². The standard InChI is InChI=1S/C65H117NO13/c1-3-5-7-9-11-12-13-14-15-16-17-18-19-20-21-22-23-24-25-26-27-28-29-30-31-32-33-34-35-36-37-38-39-40-41-42-43-45-47-49-57(70)66-53(54(69)48-46-44-10-8-6-4-2)52-76-64-62(75)60(73)63(56(51-68)78-64)79-65-61(74)59(72)58(71)55(50-67)77-65/h5,7,11-12,14-15,17-18,20-21,53-56,58-65,67-69,71-75H,3-4,6,8-10,13,16,19,22-52H2,1-2H3,(H,66,70)/b7-5-,12-11-,15-14-,18-17-,21-20-. The number of aliphatic hydroxyl groups is 8. The van der Waals surface area contributed by atoms with E-state index in [2.05, 4.69) is 79.9 Å². The molecule has 0 aromatic heterocycles. The smallest absolute Gasteiger partial charge is 0.220 e. The number of carbonyl (C=O) groups excluding carboxylic acids is 1. The number of allylic oxidation sites excluding steroid dienone is 10. The summed E-state index contributed by atoms with van der Waals surface area (Å²) >= 11 is 0. The number of hydrogen-bond acceptors (Lipinski definition) is 13. The highest BCUT2D eigenvalue weighted by Gasteiger charge is 2.51. The first-order chi connectivity index (χ1) is 38.6. The van der Waals surface area contributed by atoms with E-state index in [4.69, 9.17) is 18.9 Å². The molecule has 0 aromatic rings. The van der Waals surface area contributed by atoms with Gasteiger partial charge < -0.3 is 65.1 Å². The Morgan fingerprint density at radius 1 is 0.468 bits per heavy atom. The van der Waals surface area contributed by atoms with Crippen LogP contribution in [0.4, 0.5) is 0 Å². The molecule has 2 saturated heterocycles. The average molecular weight is 1120 g/mol. The fourth-order valence-electron chi connectivity index (χ4n) is 10.4. The van der Waals surface area contributed by atoms with Crippen molar-refractivity contribution in [3.63, 3.8) is 0 Å². The molecule has 12 atom stereocenters. The third kappa shape index (κ3) is 35.4. The summed E-state index contributed by atoms with van der Waals surface area (Å²) in [5.41, 5.74) is 0. The minimum atomic E-state index is -1.78. The summed E-state index contributed by atoms with van der Waals surface area (Å²) in [7, 11) is 0. The van der Waals surface area contributed by atoms with Crippen molar-refractivity contribution in [2.75, 3.05) is 19.8 Å². The Kier molecular flexibility index (Phi) is 46.3. The molecule has 460 valence electrons. The molecule has 2 aliphatic rings. The highest BCUT2D eigenvalue weighted by atomic mass is 16.7. The molecule has 2 heterocycles. The first-order valence-electron chi connectivity index (χ1n) is 32.0. The number of unbranched alkanes of at least 4 members (excludes halogenated alkanes) is 28. The predicted molar refractivity (Wildman–Crippen MR) is 318 cm³/mol. The lowest BCUT2D eigenvalue weighted by molar-refractivity contribution is -0.359. The van der Waals surface area contributed by atoms with E-state index in [1.165, 1.54) is 128 Å². The maximum absolute atomic E-state index is 13.2. The van der Waals surface area contributed by atoms with Crippen molar-refractivity contribution in [1.29, 1.82) is 0 Å². The van der Waals surface area contributed by atoms with Gasteiger partial charge in [-0.2, -0.15) is 0 Å². The van der Waals surface area contributed by atoms with Gasteiger partial charge in [0.1, 0.15) is 48.8 Å². The van der Waals surface area contributed by atoms with Gasteiger partial charge in [0.2, 0.25) is 5.91 Å². The van der Waals surface area contributed by atoms with Crippen molar-refractivity contribution < 1.29 is 64.6 Å². The molecule has 79 heavy (non-hydrogen) atoms. The van der Waals surface area contributed by atoms with Crippen molar-refractivity contribution in [2.45, 2.75) is 325 Å². The number of amides is 1. The first kappa shape index (κ1) is 72.8. The molecule has 0 spiro atoms. The first-order valence-corrected chi connectivity index (χ1v) is 32.0. The second-order valence-corrected chi connectivity index (χ2v) is 22.5. The van der Waals surface area contributed by atoms with E-state index in [0.29, 0.717) is 12.8 Å². The lowest BCUT2D eigenvalue weighted by atomic mass is 9.97. The predicted octanol–water partition coefficient (Wildman–Crippen LogP) is 11.7. The van der Waals surface area contributed by atoms with Gasteiger partial charge in [-0.1, -0.05) is 248 Å². The van der Waals surface area contributed by atoms with Gasteiger partial charge in [-0.15, -0.1) is 0 Å². The molecule has 0 aliphatic carbocycles. The van der Waals surface area contributed by atoms with Crippen molar-refractivity contribution in [3.8, 4) is 0 Å². The second kappa shape index (κ2) is 50.2. The van der Waals surface area contributed by atoms with Crippen LogP contribution < -0.4 is 5.32 Å². The Balaban J connectivity index is 1.48. The van der Waals surface area contributed by atoms with Crippen LogP contribution in [0, 0.1) is 0 Å². The Morgan fingerprint density at radius 2 is 0.873 bits per heavy atom. The van der Waals surface area contributed by atoms with Gasteiger partial charge in [0.25, 0.3) is 0 Å². The molecular formula is C65H117NO13. The van der Waals surface area contributed by atoms with Gasteiger partial charge in [-0.3, -0.25) is 4.79 Å². The normalized spacial score (nSPS) is 24.8.